The van der Waals surface area contributed by atoms with Gasteiger partial charge < -0.3 is 14.5 Å². The van der Waals surface area contributed by atoms with Gasteiger partial charge in [0.05, 0.1) is 17.2 Å². The number of nitro benzene ring substituents is 1. The first-order chi connectivity index (χ1) is 8.58. The van der Waals surface area contributed by atoms with Gasteiger partial charge in [0, 0.05) is 25.2 Å². The molecular formula is C12H17N3O3. The van der Waals surface area contributed by atoms with Gasteiger partial charge in [-0.25, -0.2) is 0 Å². The molecule has 1 aliphatic rings. The van der Waals surface area contributed by atoms with Crippen LogP contribution in [-0.4, -0.2) is 50.2 Å². The van der Waals surface area contributed by atoms with Crippen molar-refractivity contribution in [3.8, 4) is 5.75 Å². The largest absolute Gasteiger partial charge is 0.490 e. The second-order valence-corrected chi connectivity index (χ2v) is 4.55. The number of hydrogen-bond acceptors (Lipinski definition) is 5. The molecule has 0 radical (unpaired) electrons. The molecule has 0 saturated carbocycles. The van der Waals surface area contributed by atoms with Crippen molar-refractivity contribution in [2.45, 2.75) is 0 Å². The summed E-state index contributed by atoms with van der Waals surface area (Å²) in [6.07, 6.45) is 0. The maximum atomic E-state index is 10.8. The van der Waals surface area contributed by atoms with Gasteiger partial charge in [-0.2, -0.15) is 0 Å². The van der Waals surface area contributed by atoms with Crippen molar-refractivity contribution >= 4 is 11.4 Å². The number of fused-ring (bicyclic) bond motifs is 1. The SMILES string of the molecule is CN(C)CCN1CCOc2ccc([N+](=O)[O-])cc21. The molecule has 6 heteroatoms. The number of benzene rings is 1. The third-order valence-electron chi connectivity index (χ3n) is 2.93. The van der Waals surface area contributed by atoms with Crippen LogP contribution < -0.4 is 9.64 Å². The lowest BCUT2D eigenvalue weighted by Gasteiger charge is -2.31. The van der Waals surface area contributed by atoms with E-state index in [4.69, 9.17) is 4.74 Å². The molecule has 1 aromatic carbocycles. The van der Waals surface area contributed by atoms with Gasteiger partial charge in [0.2, 0.25) is 0 Å². The first-order valence-corrected chi connectivity index (χ1v) is 5.89. The Morgan fingerprint density at radius 1 is 1.50 bits per heavy atom. The molecule has 0 aromatic heterocycles. The van der Waals surface area contributed by atoms with Gasteiger partial charge in [-0.15, -0.1) is 0 Å². The van der Waals surface area contributed by atoms with E-state index >= 15 is 0 Å². The van der Waals surface area contributed by atoms with E-state index in [0.29, 0.717) is 6.61 Å². The van der Waals surface area contributed by atoms with E-state index in [2.05, 4.69) is 9.80 Å². The number of ether oxygens (including phenoxy) is 1. The number of rotatable bonds is 4. The summed E-state index contributed by atoms with van der Waals surface area (Å²) in [5.41, 5.74) is 0.923. The van der Waals surface area contributed by atoms with E-state index in [0.717, 1.165) is 31.1 Å². The number of nitrogens with zero attached hydrogens (tertiary/aromatic N) is 3. The standard InChI is InChI=1S/C12H17N3O3/c1-13(2)5-6-14-7-8-18-12-4-3-10(15(16)17)9-11(12)14/h3-4,9H,5-8H2,1-2H3. The molecule has 0 saturated heterocycles. The van der Waals surface area contributed by atoms with Crippen molar-refractivity contribution in [1.82, 2.24) is 4.90 Å². The smallest absolute Gasteiger partial charge is 0.271 e. The van der Waals surface area contributed by atoms with E-state index in [1.807, 2.05) is 14.1 Å². The molecule has 0 N–H and O–H groups in total. The molecule has 0 unspecified atom stereocenters. The van der Waals surface area contributed by atoms with Crippen molar-refractivity contribution in [3.05, 3.63) is 28.3 Å². The first-order valence-electron chi connectivity index (χ1n) is 5.89. The van der Waals surface area contributed by atoms with E-state index in [1.165, 1.54) is 6.07 Å². The van der Waals surface area contributed by atoms with E-state index in [-0.39, 0.29) is 10.6 Å². The van der Waals surface area contributed by atoms with Crippen molar-refractivity contribution < 1.29 is 9.66 Å². The van der Waals surface area contributed by atoms with E-state index < -0.39 is 0 Å². The summed E-state index contributed by atoms with van der Waals surface area (Å²) in [4.78, 5) is 14.6. The zero-order chi connectivity index (χ0) is 13.1. The minimum absolute atomic E-state index is 0.106. The molecule has 0 spiro atoms. The Balaban J connectivity index is 2.23. The molecule has 0 fully saturated rings. The molecule has 0 atom stereocenters. The van der Waals surface area contributed by atoms with E-state index in [1.54, 1.807) is 12.1 Å². The molecule has 1 aromatic rings. The lowest BCUT2D eigenvalue weighted by atomic mass is 10.2. The summed E-state index contributed by atoms with van der Waals surface area (Å²) in [5.74, 6) is 0.727. The predicted molar refractivity (Wildman–Crippen MR) is 69.4 cm³/mol. The maximum Gasteiger partial charge on any atom is 0.271 e. The lowest BCUT2D eigenvalue weighted by molar-refractivity contribution is -0.384. The third kappa shape index (κ3) is 2.70. The van der Waals surface area contributed by atoms with Gasteiger partial charge in [0.25, 0.3) is 5.69 Å². The molecule has 0 amide bonds. The van der Waals surface area contributed by atoms with Gasteiger partial charge in [-0.05, 0) is 20.2 Å². The van der Waals surface area contributed by atoms with Crippen LogP contribution in [0.3, 0.4) is 0 Å². The predicted octanol–water partition coefficient (Wildman–Crippen LogP) is 1.36. The fraction of sp³-hybridized carbons (Fsp3) is 0.500. The molecule has 0 aliphatic carbocycles. The summed E-state index contributed by atoms with van der Waals surface area (Å²) in [5, 5.41) is 10.8. The zero-order valence-electron chi connectivity index (χ0n) is 10.6. The first kappa shape index (κ1) is 12.6. The molecule has 0 bridgehead atoms. The van der Waals surface area contributed by atoms with Crippen LogP contribution in [0.1, 0.15) is 0 Å². The Morgan fingerprint density at radius 3 is 2.94 bits per heavy atom. The van der Waals surface area contributed by atoms with Crippen LogP contribution in [0, 0.1) is 10.1 Å². The van der Waals surface area contributed by atoms with Crippen molar-refractivity contribution in [2.75, 3.05) is 45.2 Å². The highest BCUT2D eigenvalue weighted by Crippen LogP contribution is 2.34. The summed E-state index contributed by atoms with van der Waals surface area (Å²) in [6, 6.07) is 4.74. The molecule has 2 rings (SSSR count). The van der Waals surface area contributed by atoms with Crippen molar-refractivity contribution in [1.29, 1.82) is 0 Å². The summed E-state index contributed by atoms with van der Waals surface area (Å²) in [7, 11) is 4.02. The number of likely N-dealkylation sites (N-methyl/N-ethyl adjacent to an activating group) is 1. The van der Waals surface area contributed by atoms with Crippen LogP contribution in [0.5, 0.6) is 5.75 Å². The van der Waals surface area contributed by atoms with Crippen molar-refractivity contribution in [3.63, 3.8) is 0 Å². The topological polar surface area (TPSA) is 58.8 Å². The van der Waals surface area contributed by atoms with Crippen LogP contribution in [0.15, 0.2) is 18.2 Å². The lowest BCUT2D eigenvalue weighted by Crippen LogP contribution is -2.37. The van der Waals surface area contributed by atoms with Gasteiger partial charge in [0.1, 0.15) is 12.4 Å². The normalized spacial score (nSPS) is 14.3. The minimum atomic E-state index is -0.376. The Bertz CT molecular complexity index is 448. The van der Waals surface area contributed by atoms with Crippen LogP contribution in [0.4, 0.5) is 11.4 Å². The number of nitro groups is 1. The fourth-order valence-electron chi connectivity index (χ4n) is 1.93. The minimum Gasteiger partial charge on any atom is -0.490 e. The van der Waals surface area contributed by atoms with Crippen LogP contribution >= 0.6 is 0 Å². The Labute approximate surface area is 106 Å². The summed E-state index contributed by atoms with van der Waals surface area (Å²) < 4.78 is 5.52. The average molecular weight is 251 g/mol. The van der Waals surface area contributed by atoms with Gasteiger partial charge >= 0.3 is 0 Å². The van der Waals surface area contributed by atoms with Gasteiger partial charge in [0.15, 0.2) is 0 Å². The van der Waals surface area contributed by atoms with Gasteiger partial charge in [-0.3, -0.25) is 10.1 Å². The second kappa shape index (κ2) is 5.22. The number of non-ortho nitro benzene ring substituents is 1. The highest BCUT2D eigenvalue weighted by molar-refractivity contribution is 5.64. The molecule has 1 heterocycles. The number of hydrogen-bond donors (Lipinski definition) is 0. The summed E-state index contributed by atoms with van der Waals surface area (Å²) >= 11 is 0. The summed E-state index contributed by atoms with van der Waals surface area (Å²) in [6.45, 7) is 3.13. The highest BCUT2D eigenvalue weighted by Gasteiger charge is 2.21. The van der Waals surface area contributed by atoms with Gasteiger partial charge in [-0.1, -0.05) is 0 Å². The monoisotopic (exact) mass is 251 g/mol. The maximum absolute atomic E-state index is 10.8. The third-order valence-corrected chi connectivity index (χ3v) is 2.93. The van der Waals surface area contributed by atoms with Crippen LogP contribution in [-0.2, 0) is 0 Å². The Kier molecular flexibility index (Phi) is 3.66. The average Bonchev–Trinajstić information content (AvgIpc) is 2.35. The molecule has 98 valence electrons. The number of anilines is 1. The zero-order valence-corrected chi connectivity index (χ0v) is 10.6. The second-order valence-electron chi connectivity index (χ2n) is 4.55. The highest BCUT2D eigenvalue weighted by atomic mass is 16.6. The van der Waals surface area contributed by atoms with E-state index in [9.17, 15) is 10.1 Å². The molecule has 1 aliphatic heterocycles. The quantitative estimate of drug-likeness (QED) is 0.597. The molecule has 6 nitrogen and oxygen atoms in total. The van der Waals surface area contributed by atoms with Crippen molar-refractivity contribution in [2.24, 2.45) is 0 Å². The van der Waals surface area contributed by atoms with Crippen LogP contribution in [0.25, 0.3) is 0 Å². The molecular weight excluding hydrogens is 234 g/mol. The Hall–Kier alpha value is -1.82. The van der Waals surface area contributed by atoms with Crippen LogP contribution in [0.2, 0.25) is 0 Å². The molecule has 18 heavy (non-hydrogen) atoms. The Morgan fingerprint density at radius 2 is 2.28 bits per heavy atom. The fourth-order valence-corrected chi connectivity index (χ4v) is 1.93.